The first-order chi connectivity index (χ1) is 13.9. The summed E-state index contributed by atoms with van der Waals surface area (Å²) in [5.74, 6) is -0.266. The second-order valence-corrected chi connectivity index (χ2v) is 8.58. The highest BCUT2D eigenvalue weighted by Crippen LogP contribution is 2.34. The number of anilines is 1. The molecule has 0 bridgehead atoms. The minimum absolute atomic E-state index is 0.0442. The van der Waals surface area contributed by atoms with Crippen LogP contribution in [0.2, 0.25) is 0 Å². The Hall–Kier alpha value is -3.09. The van der Waals surface area contributed by atoms with Gasteiger partial charge >= 0.3 is 0 Å². The van der Waals surface area contributed by atoms with Crippen LogP contribution in [0.4, 0.5) is 10.1 Å². The second-order valence-electron chi connectivity index (χ2n) is 5.78. The average Bonchev–Trinajstić information content (AvgIpc) is 3.36. The van der Waals surface area contributed by atoms with Gasteiger partial charge in [0.15, 0.2) is 11.5 Å². The zero-order valence-corrected chi connectivity index (χ0v) is 16.2. The molecule has 1 aliphatic rings. The number of aromatic nitrogens is 2. The number of amides is 1. The molecule has 150 valence electrons. The van der Waals surface area contributed by atoms with Crippen LogP contribution in [0.15, 0.2) is 47.4 Å². The van der Waals surface area contributed by atoms with Crippen molar-refractivity contribution >= 4 is 33.0 Å². The van der Waals surface area contributed by atoms with E-state index in [4.69, 9.17) is 9.47 Å². The van der Waals surface area contributed by atoms with Crippen LogP contribution in [-0.2, 0) is 16.6 Å². The lowest BCUT2D eigenvalue weighted by Crippen LogP contribution is -2.24. The van der Waals surface area contributed by atoms with Gasteiger partial charge in [0.25, 0.3) is 5.91 Å². The van der Waals surface area contributed by atoms with E-state index in [1.807, 2.05) is 0 Å². The molecule has 2 heterocycles. The fourth-order valence-corrected chi connectivity index (χ4v) is 4.30. The van der Waals surface area contributed by atoms with E-state index in [1.54, 1.807) is 18.2 Å². The summed E-state index contributed by atoms with van der Waals surface area (Å²) in [4.78, 5) is 11.9. The summed E-state index contributed by atoms with van der Waals surface area (Å²) in [6.45, 7) is -0.110. The summed E-state index contributed by atoms with van der Waals surface area (Å²) in [6.07, 6.45) is 0. The Balaban J connectivity index is 1.40. The van der Waals surface area contributed by atoms with Crippen LogP contribution in [0.3, 0.4) is 0 Å². The summed E-state index contributed by atoms with van der Waals surface area (Å²) < 4.78 is 50.8. The van der Waals surface area contributed by atoms with Gasteiger partial charge in [-0.25, -0.2) is 17.5 Å². The maximum absolute atomic E-state index is 13.7. The van der Waals surface area contributed by atoms with Crippen molar-refractivity contribution in [1.82, 2.24) is 14.9 Å². The van der Waals surface area contributed by atoms with Crippen molar-refractivity contribution in [2.45, 2.75) is 11.4 Å². The Bertz CT molecular complexity index is 1180. The Kier molecular flexibility index (Phi) is 5.13. The third kappa shape index (κ3) is 4.18. The minimum atomic E-state index is -4.07. The molecular weight excluding hydrogens is 423 g/mol. The number of benzene rings is 2. The molecule has 9 nitrogen and oxygen atoms in total. The average molecular weight is 436 g/mol. The van der Waals surface area contributed by atoms with Gasteiger partial charge in [0.1, 0.15) is 15.7 Å². The smallest absolute Gasteiger partial charge is 0.286 e. The van der Waals surface area contributed by atoms with Gasteiger partial charge in [0.05, 0.1) is 6.54 Å². The lowest BCUT2D eigenvalue weighted by atomic mass is 10.3. The van der Waals surface area contributed by atoms with Gasteiger partial charge in [-0.15, -0.1) is 10.2 Å². The number of nitrogens with zero attached hydrogens (tertiary/aromatic N) is 2. The summed E-state index contributed by atoms with van der Waals surface area (Å²) >= 11 is 0.915. The highest BCUT2D eigenvalue weighted by molar-refractivity contribution is 7.89. The topological polar surface area (TPSA) is 120 Å². The molecular formula is C17H13FN4O5S2. The molecule has 0 atom stereocenters. The second kappa shape index (κ2) is 7.73. The van der Waals surface area contributed by atoms with Crippen LogP contribution in [-0.4, -0.2) is 31.3 Å². The number of halogens is 1. The normalized spacial score (nSPS) is 12.7. The molecule has 0 fully saturated rings. The third-order valence-corrected chi connectivity index (χ3v) is 6.19. The number of nitrogens with one attached hydrogen (secondary N) is 2. The van der Waals surface area contributed by atoms with Crippen LogP contribution < -0.4 is 19.5 Å². The number of hydrogen-bond acceptors (Lipinski definition) is 8. The zero-order chi connectivity index (χ0) is 20.4. The first-order valence-corrected chi connectivity index (χ1v) is 10.5. The van der Waals surface area contributed by atoms with Crippen molar-refractivity contribution < 1.29 is 27.1 Å². The zero-order valence-electron chi connectivity index (χ0n) is 14.6. The molecule has 1 amide bonds. The van der Waals surface area contributed by atoms with Gasteiger partial charge in [-0.3, -0.25) is 4.79 Å². The van der Waals surface area contributed by atoms with E-state index in [-0.39, 0.29) is 23.4 Å². The van der Waals surface area contributed by atoms with E-state index in [1.165, 1.54) is 12.1 Å². The molecule has 0 radical (unpaired) electrons. The Morgan fingerprint density at radius 2 is 1.93 bits per heavy atom. The number of carbonyl (C=O) groups is 1. The van der Waals surface area contributed by atoms with Crippen molar-refractivity contribution in [3.05, 3.63) is 58.3 Å². The van der Waals surface area contributed by atoms with Crippen LogP contribution in [0.5, 0.6) is 11.5 Å². The monoisotopic (exact) mass is 436 g/mol. The SMILES string of the molecule is O=C(Nc1ccc2c(c1)OCO2)c1nnc(CNS(=O)(=O)c2ccccc2F)s1. The number of ether oxygens (including phenoxy) is 2. The van der Waals surface area contributed by atoms with Crippen molar-refractivity contribution in [2.24, 2.45) is 0 Å². The summed E-state index contributed by atoms with van der Waals surface area (Å²) in [5.41, 5.74) is 0.483. The number of fused-ring (bicyclic) bond motifs is 1. The molecule has 0 unspecified atom stereocenters. The molecule has 3 aromatic rings. The van der Waals surface area contributed by atoms with Crippen molar-refractivity contribution in [2.75, 3.05) is 12.1 Å². The van der Waals surface area contributed by atoms with Gasteiger partial charge in [-0.1, -0.05) is 23.5 Å². The summed E-state index contributed by atoms with van der Waals surface area (Å²) in [5, 5.41) is 10.5. The summed E-state index contributed by atoms with van der Waals surface area (Å²) in [6, 6.07) is 9.95. The molecule has 0 saturated heterocycles. The quantitative estimate of drug-likeness (QED) is 0.607. The number of hydrogen-bond donors (Lipinski definition) is 2. The number of sulfonamides is 1. The molecule has 29 heavy (non-hydrogen) atoms. The highest BCUT2D eigenvalue weighted by Gasteiger charge is 2.20. The fourth-order valence-electron chi connectivity index (χ4n) is 2.47. The molecule has 1 aromatic heterocycles. The Morgan fingerprint density at radius 3 is 2.76 bits per heavy atom. The van der Waals surface area contributed by atoms with Gasteiger partial charge in [-0.2, -0.15) is 0 Å². The van der Waals surface area contributed by atoms with Gasteiger partial charge in [0.2, 0.25) is 21.8 Å². The fraction of sp³-hybridized carbons (Fsp3) is 0.118. The molecule has 12 heteroatoms. The van der Waals surface area contributed by atoms with Crippen LogP contribution >= 0.6 is 11.3 Å². The van der Waals surface area contributed by atoms with E-state index < -0.39 is 26.6 Å². The molecule has 0 saturated carbocycles. The van der Waals surface area contributed by atoms with E-state index in [0.29, 0.717) is 17.2 Å². The predicted molar refractivity (Wildman–Crippen MR) is 101 cm³/mol. The molecule has 2 aromatic carbocycles. The van der Waals surface area contributed by atoms with Gasteiger partial charge < -0.3 is 14.8 Å². The lowest BCUT2D eigenvalue weighted by Gasteiger charge is -2.05. The van der Waals surface area contributed by atoms with Crippen molar-refractivity contribution in [1.29, 1.82) is 0 Å². The van der Waals surface area contributed by atoms with Crippen molar-refractivity contribution in [3.63, 3.8) is 0 Å². The summed E-state index contributed by atoms with van der Waals surface area (Å²) in [7, 11) is -4.07. The van der Waals surface area contributed by atoms with E-state index in [0.717, 1.165) is 23.5 Å². The number of carbonyl (C=O) groups excluding carboxylic acids is 1. The minimum Gasteiger partial charge on any atom is -0.454 e. The maximum Gasteiger partial charge on any atom is 0.286 e. The number of rotatable bonds is 6. The predicted octanol–water partition coefficient (Wildman–Crippen LogP) is 2.14. The molecule has 2 N–H and O–H groups in total. The van der Waals surface area contributed by atoms with Crippen LogP contribution in [0.1, 0.15) is 14.8 Å². The van der Waals surface area contributed by atoms with Crippen LogP contribution in [0, 0.1) is 5.82 Å². The maximum atomic E-state index is 13.7. The van der Waals surface area contributed by atoms with E-state index in [2.05, 4.69) is 20.2 Å². The first kappa shape index (κ1) is 19.2. The van der Waals surface area contributed by atoms with Crippen LogP contribution in [0.25, 0.3) is 0 Å². The standard InChI is InChI=1S/C17H13FN4O5S2/c18-11-3-1-2-4-14(11)29(24,25)19-8-15-21-22-17(28-15)16(23)20-10-5-6-12-13(7-10)27-9-26-12/h1-7,19H,8-9H2,(H,20,23). The first-order valence-electron chi connectivity index (χ1n) is 8.20. The molecule has 4 rings (SSSR count). The van der Waals surface area contributed by atoms with E-state index in [9.17, 15) is 17.6 Å². The van der Waals surface area contributed by atoms with Crippen molar-refractivity contribution in [3.8, 4) is 11.5 Å². The third-order valence-electron chi connectivity index (χ3n) is 3.83. The highest BCUT2D eigenvalue weighted by atomic mass is 32.2. The molecule has 1 aliphatic heterocycles. The Morgan fingerprint density at radius 1 is 1.14 bits per heavy atom. The Labute approximate surface area is 168 Å². The molecule has 0 spiro atoms. The lowest BCUT2D eigenvalue weighted by molar-refractivity contribution is 0.102. The van der Waals surface area contributed by atoms with Gasteiger partial charge in [0, 0.05) is 11.8 Å². The molecule has 0 aliphatic carbocycles. The largest absolute Gasteiger partial charge is 0.454 e. The van der Waals surface area contributed by atoms with E-state index >= 15 is 0 Å². The van der Waals surface area contributed by atoms with Gasteiger partial charge in [-0.05, 0) is 24.3 Å².